The van der Waals surface area contributed by atoms with E-state index in [9.17, 15) is 4.79 Å². The van der Waals surface area contributed by atoms with Crippen LogP contribution in [0.25, 0.3) is 22.0 Å². The number of anilines is 2. The molecule has 0 unspecified atom stereocenters. The second kappa shape index (κ2) is 9.43. The Bertz CT molecular complexity index is 1180. The highest BCUT2D eigenvalue weighted by atomic mass is 16.1. The van der Waals surface area contributed by atoms with E-state index >= 15 is 0 Å². The smallest absolute Gasteiger partial charge is 0.254 e. The van der Waals surface area contributed by atoms with Crippen LogP contribution in [-0.2, 0) is 6.54 Å². The quantitative estimate of drug-likeness (QED) is 0.406. The number of carbonyl (C=O) groups excluding carboxylic acids is 1. The largest absolute Gasteiger partial charge is 0.354 e. The highest BCUT2D eigenvalue weighted by Crippen LogP contribution is 2.32. The molecule has 2 N–H and O–H groups in total. The molecule has 0 saturated heterocycles. The lowest BCUT2D eigenvalue weighted by molar-refractivity contribution is 0.0956. The van der Waals surface area contributed by atoms with Crippen LogP contribution in [0, 0.1) is 0 Å². The molecule has 2 heterocycles. The zero-order valence-electron chi connectivity index (χ0n) is 17.9. The van der Waals surface area contributed by atoms with Crippen molar-refractivity contribution in [2.75, 3.05) is 11.9 Å². The van der Waals surface area contributed by atoms with Gasteiger partial charge < -0.3 is 10.6 Å². The fraction of sp³-hybridized carbons (Fsp3) is 0.240. The summed E-state index contributed by atoms with van der Waals surface area (Å²) >= 11 is 0. The molecule has 0 saturated carbocycles. The fourth-order valence-corrected chi connectivity index (χ4v) is 3.56. The number of amides is 1. The highest BCUT2D eigenvalue weighted by Gasteiger charge is 2.16. The van der Waals surface area contributed by atoms with Gasteiger partial charge in [-0.3, -0.25) is 14.5 Å². The molecule has 0 spiro atoms. The first kappa shape index (κ1) is 20.6. The monoisotopic (exact) mass is 413 g/mol. The average Bonchev–Trinajstić information content (AvgIpc) is 3.27. The molecule has 0 fully saturated rings. The average molecular weight is 414 g/mol. The molecular formula is C25H27N5O. The van der Waals surface area contributed by atoms with Crippen LogP contribution in [0.3, 0.4) is 0 Å². The Balaban J connectivity index is 1.81. The van der Waals surface area contributed by atoms with Crippen molar-refractivity contribution in [3.63, 3.8) is 0 Å². The molecule has 2 aromatic carbocycles. The van der Waals surface area contributed by atoms with Crippen LogP contribution in [0.4, 0.5) is 11.4 Å². The van der Waals surface area contributed by atoms with E-state index in [0.717, 1.165) is 52.8 Å². The van der Waals surface area contributed by atoms with E-state index in [1.807, 2.05) is 54.2 Å². The second-order valence-electron chi connectivity index (χ2n) is 7.47. The molecule has 4 aromatic rings. The van der Waals surface area contributed by atoms with Crippen LogP contribution in [0.2, 0.25) is 0 Å². The number of aromatic nitrogens is 3. The Hall–Kier alpha value is -3.67. The van der Waals surface area contributed by atoms with Crippen molar-refractivity contribution >= 4 is 28.2 Å². The van der Waals surface area contributed by atoms with E-state index in [4.69, 9.17) is 0 Å². The van der Waals surface area contributed by atoms with Crippen molar-refractivity contribution in [2.24, 2.45) is 0 Å². The van der Waals surface area contributed by atoms with Gasteiger partial charge in [-0.25, -0.2) is 0 Å². The lowest BCUT2D eigenvalue weighted by Crippen LogP contribution is -2.23. The predicted molar refractivity (Wildman–Crippen MR) is 126 cm³/mol. The van der Waals surface area contributed by atoms with Gasteiger partial charge in [0, 0.05) is 42.1 Å². The van der Waals surface area contributed by atoms with Gasteiger partial charge in [0.15, 0.2) is 0 Å². The van der Waals surface area contributed by atoms with Crippen molar-refractivity contribution < 1.29 is 4.79 Å². The third-order valence-corrected chi connectivity index (χ3v) is 5.20. The van der Waals surface area contributed by atoms with Gasteiger partial charge in [0.2, 0.25) is 0 Å². The minimum absolute atomic E-state index is 0.145. The summed E-state index contributed by atoms with van der Waals surface area (Å²) in [5.74, 6) is -0.145. The molecule has 1 amide bonds. The summed E-state index contributed by atoms with van der Waals surface area (Å²) in [6, 6.07) is 16.0. The van der Waals surface area contributed by atoms with Crippen LogP contribution in [0.1, 0.15) is 37.0 Å². The number of aryl methyl sites for hydroxylation is 1. The van der Waals surface area contributed by atoms with Crippen LogP contribution >= 0.6 is 0 Å². The number of benzene rings is 2. The molecule has 0 atom stereocenters. The first-order chi connectivity index (χ1) is 15.2. The van der Waals surface area contributed by atoms with Crippen molar-refractivity contribution in [1.82, 2.24) is 20.1 Å². The Morgan fingerprint density at radius 1 is 1.03 bits per heavy atom. The van der Waals surface area contributed by atoms with Gasteiger partial charge in [0.1, 0.15) is 0 Å². The lowest BCUT2D eigenvalue weighted by Gasteiger charge is -2.15. The molecule has 2 aromatic heterocycles. The highest BCUT2D eigenvalue weighted by molar-refractivity contribution is 6.08. The summed E-state index contributed by atoms with van der Waals surface area (Å²) in [6.07, 6.45) is 7.84. The molecule has 0 aliphatic carbocycles. The second-order valence-corrected chi connectivity index (χ2v) is 7.47. The van der Waals surface area contributed by atoms with E-state index in [-0.39, 0.29) is 5.91 Å². The van der Waals surface area contributed by atoms with E-state index in [0.29, 0.717) is 12.1 Å². The Labute approximate surface area is 182 Å². The first-order valence-corrected chi connectivity index (χ1v) is 10.8. The number of carbonyl (C=O) groups is 1. The standard InChI is InChI=1S/C25H27N5O/c1-3-5-13-30-17-19(15-28-30)18-11-12-23-21(14-18)24(29-20-9-7-6-8-10-20)22(16-27-23)25(31)26-4-2/h6-12,14-17H,3-5,13H2,1-2H3,(H,26,31)(H,27,29). The first-order valence-electron chi connectivity index (χ1n) is 10.8. The van der Waals surface area contributed by atoms with Gasteiger partial charge in [0.25, 0.3) is 5.91 Å². The summed E-state index contributed by atoms with van der Waals surface area (Å²) in [5, 5.41) is 11.7. The third-order valence-electron chi connectivity index (χ3n) is 5.20. The maximum absolute atomic E-state index is 12.8. The zero-order valence-corrected chi connectivity index (χ0v) is 17.9. The summed E-state index contributed by atoms with van der Waals surface area (Å²) in [4.78, 5) is 17.3. The number of hydrogen-bond acceptors (Lipinski definition) is 4. The van der Waals surface area contributed by atoms with Gasteiger partial charge in [0.05, 0.1) is 23.0 Å². The number of para-hydroxylation sites is 1. The van der Waals surface area contributed by atoms with Gasteiger partial charge in [-0.2, -0.15) is 5.10 Å². The Morgan fingerprint density at radius 2 is 1.87 bits per heavy atom. The molecule has 158 valence electrons. The van der Waals surface area contributed by atoms with E-state index in [1.54, 1.807) is 6.20 Å². The molecule has 0 bridgehead atoms. The van der Waals surface area contributed by atoms with Gasteiger partial charge >= 0.3 is 0 Å². The van der Waals surface area contributed by atoms with Crippen LogP contribution < -0.4 is 10.6 Å². The van der Waals surface area contributed by atoms with Crippen molar-refractivity contribution in [3.8, 4) is 11.1 Å². The molecule has 0 aliphatic rings. The normalized spacial score (nSPS) is 10.9. The molecule has 0 radical (unpaired) electrons. The van der Waals surface area contributed by atoms with Crippen molar-refractivity contribution in [2.45, 2.75) is 33.2 Å². The summed E-state index contributed by atoms with van der Waals surface area (Å²) in [5.41, 5.74) is 5.11. The number of nitrogens with zero attached hydrogens (tertiary/aromatic N) is 3. The summed E-state index contributed by atoms with van der Waals surface area (Å²) < 4.78 is 1.98. The van der Waals surface area contributed by atoms with Crippen LogP contribution in [0.5, 0.6) is 0 Å². The van der Waals surface area contributed by atoms with E-state index in [2.05, 4.69) is 46.0 Å². The van der Waals surface area contributed by atoms with E-state index in [1.165, 1.54) is 0 Å². The fourth-order valence-electron chi connectivity index (χ4n) is 3.56. The Kier molecular flexibility index (Phi) is 6.26. The van der Waals surface area contributed by atoms with Gasteiger partial charge in [-0.15, -0.1) is 0 Å². The van der Waals surface area contributed by atoms with E-state index < -0.39 is 0 Å². The molecule has 0 aliphatic heterocycles. The van der Waals surface area contributed by atoms with Crippen molar-refractivity contribution in [3.05, 3.63) is 72.7 Å². The number of nitrogens with one attached hydrogen (secondary N) is 2. The number of unbranched alkanes of at least 4 members (excludes halogenated alkanes) is 1. The predicted octanol–water partition coefficient (Wildman–Crippen LogP) is 5.39. The maximum Gasteiger partial charge on any atom is 0.254 e. The Morgan fingerprint density at radius 3 is 2.65 bits per heavy atom. The summed E-state index contributed by atoms with van der Waals surface area (Å²) in [7, 11) is 0. The number of hydrogen-bond donors (Lipinski definition) is 2. The SMILES string of the molecule is CCCCn1cc(-c2ccc3ncc(C(=O)NCC)c(Nc4ccccc4)c3c2)cn1. The minimum atomic E-state index is -0.145. The molecule has 6 nitrogen and oxygen atoms in total. The molecular weight excluding hydrogens is 386 g/mol. The summed E-state index contributed by atoms with van der Waals surface area (Å²) in [6.45, 7) is 5.55. The van der Waals surface area contributed by atoms with Crippen molar-refractivity contribution in [1.29, 1.82) is 0 Å². The van der Waals surface area contributed by atoms with Crippen LogP contribution in [0.15, 0.2) is 67.1 Å². The van der Waals surface area contributed by atoms with Gasteiger partial charge in [-0.05, 0) is 43.2 Å². The van der Waals surface area contributed by atoms with Gasteiger partial charge in [-0.1, -0.05) is 37.6 Å². The third kappa shape index (κ3) is 4.58. The van der Waals surface area contributed by atoms with Crippen LogP contribution in [-0.4, -0.2) is 27.2 Å². The maximum atomic E-state index is 12.8. The number of rotatable bonds is 8. The molecule has 4 rings (SSSR count). The lowest BCUT2D eigenvalue weighted by atomic mass is 10.0. The topological polar surface area (TPSA) is 71.8 Å². The molecule has 31 heavy (non-hydrogen) atoms. The molecule has 6 heteroatoms. The zero-order chi connectivity index (χ0) is 21.6. The number of pyridine rings is 1. The number of fused-ring (bicyclic) bond motifs is 1. The minimum Gasteiger partial charge on any atom is -0.354 e.